The second kappa shape index (κ2) is 7.52. The third-order valence-electron chi connectivity index (χ3n) is 2.55. The first-order valence-electron chi connectivity index (χ1n) is 6.66. The van der Waals surface area contributed by atoms with Crippen molar-refractivity contribution < 1.29 is 28.9 Å². The number of aliphatic carboxylic acids is 1. The van der Waals surface area contributed by atoms with Gasteiger partial charge in [0.05, 0.1) is 19.6 Å². The molecule has 6 heteroatoms. The van der Waals surface area contributed by atoms with Crippen molar-refractivity contribution in [2.45, 2.75) is 32.8 Å². The van der Waals surface area contributed by atoms with Crippen LogP contribution in [0.2, 0.25) is 0 Å². The van der Waals surface area contributed by atoms with E-state index in [0.717, 1.165) is 0 Å². The summed E-state index contributed by atoms with van der Waals surface area (Å²) in [6, 6.07) is 6.60. The van der Waals surface area contributed by atoms with Crippen molar-refractivity contribution >= 4 is 11.9 Å². The molecule has 21 heavy (non-hydrogen) atoms. The van der Waals surface area contributed by atoms with Gasteiger partial charge in [-0.2, -0.15) is 0 Å². The molecule has 0 heterocycles. The van der Waals surface area contributed by atoms with Gasteiger partial charge in [-0.15, -0.1) is 0 Å². The van der Waals surface area contributed by atoms with Gasteiger partial charge in [-0.05, 0) is 45.0 Å². The van der Waals surface area contributed by atoms with E-state index in [9.17, 15) is 9.59 Å². The fourth-order valence-corrected chi connectivity index (χ4v) is 1.50. The van der Waals surface area contributed by atoms with Gasteiger partial charge >= 0.3 is 11.9 Å². The molecule has 0 bridgehead atoms. The Hall–Kier alpha value is -2.24. The van der Waals surface area contributed by atoms with Gasteiger partial charge in [-0.1, -0.05) is 0 Å². The van der Waals surface area contributed by atoms with Crippen LogP contribution in [0.3, 0.4) is 0 Å². The molecule has 0 unspecified atom stereocenters. The molecule has 6 nitrogen and oxygen atoms in total. The van der Waals surface area contributed by atoms with E-state index in [0.29, 0.717) is 18.1 Å². The number of hydrogen-bond donors (Lipinski definition) is 1. The SMILES string of the molecule is CCOC(=O)C(C)(C)Oc1ccc(OCCC(=O)O)cc1. The maximum absolute atomic E-state index is 11.7. The lowest BCUT2D eigenvalue weighted by Crippen LogP contribution is -2.39. The van der Waals surface area contributed by atoms with Gasteiger partial charge in [0.15, 0.2) is 5.60 Å². The molecule has 0 saturated heterocycles. The molecule has 0 fully saturated rings. The molecule has 1 aromatic carbocycles. The predicted molar refractivity (Wildman–Crippen MR) is 75.5 cm³/mol. The quantitative estimate of drug-likeness (QED) is 0.741. The van der Waals surface area contributed by atoms with Crippen LogP contribution in [-0.2, 0) is 14.3 Å². The van der Waals surface area contributed by atoms with E-state index >= 15 is 0 Å². The Balaban J connectivity index is 2.57. The largest absolute Gasteiger partial charge is 0.493 e. The first-order valence-corrected chi connectivity index (χ1v) is 6.66. The van der Waals surface area contributed by atoms with Gasteiger partial charge in [0.1, 0.15) is 11.5 Å². The lowest BCUT2D eigenvalue weighted by Gasteiger charge is -2.24. The van der Waals surface area contributed by atoms with E-state index in [4.69, 9.17) is 19.3 Å². The molecule has 0 aliphatic rings. The zero-order chi connectivity index (χ0) is 15.9. The molecule has 1 rings (SSSR count). The van der Waals surface area contributed by atoms with E-state index in [2.05, 4.69) is 0 Å². The first-order chi connectivity index (χ1) is 9.85. The number of carboxylic acids is 1. The van der Waals surface area contributed by atoms with Gasteiger partial charge in [-0.25, -0.2) is 4.79 Å². The van der Waals surface area contributed by atoms with Crippen molar-refractivity contribution in [1.82, 2.24) is 0 Å². The van der Waals surface area contributed by atoms with E-state index in [-0.39, 0.29) is 13.0 Å². The third kappa shape index (κ3) is 5.72. The maximum atomic E-state index is 11.7. The summed E-state index contributed by atoms with van der Waals surface area (Å²) in [7, 11) is 0. The Kier molecular flexibility index (Phi) is 6.02. The van der Waals surface area contributed by atoms with Crippen LogP contribution in [0.25, 0.3) is 0 Å². The van der Waals surface area contributed by atoms with Crippen LogP contribution >= 0.6 is 0 Å². The molecule has 0 atom stereocenters. The van der Waals surface area contributed by atoms with Crippen LogP contribution in [0.5, 0.6) is 11.5 Å². The summed E-state index contributed by atoms with van der Waals surface area (Å²) in [5.41, 5.74) is -1.08. The molecule has 0 aliphatic carbocycles. The Bertz CT molecular complexity index is 477. The van der Waals surface area contributed by atoms with Crippen molar-refractivity contribution in [3.63, 3.8) is 0 Å². The van der Waals surface area contributed by atoms with Crippen LogP contribution in [0, 0.1) is 0 Å². The van der Waals surface area contributed by atoms with Gasteiger partial charge in [0.25, 0.3) is 0 Å². The number of ether oxygens (including phenoxy) is 3. The zero-order valence-electron chi connectivity index (χ0n) is 12.4. The fraction of sp³-hybridized carbons (Fsp3) is 0.467. The van der Waals surface area contributed by atoms with Crippen molar-refractivity contribution in [3.05, 3.63) is 24.3 Å². The van der Waals surface area contributed by atoms with Crippen LogP contribution < -0.4 is 9.47 Å². The summed E-state index contributed by atoms with van der Waals surface area (Å²) in [5.74, 6) is -0.311. The molecule has 0 radical (unpaired) electrons. The van der Waals surface area contributed by atoms with Crippen LogP contribution in [0.15, 0.2) is 24.3 Å². The normalized spacial score (nSPS) is 10.8. The second-order valence-corrected chi connectivity index (χ2v) is 4.80. The number of carboxylic acid groups (broad SMARTS) is 1. The summed E-state index contributed by atoms with van der Waals surface area (Å²) in [4.78, 5) is 22.1. The Morgan fingerprint density at radius 3 is 2.24 bits per heavy atom. The molecule has 1 aromatic rings. The smallest absolute Gasteiger partial charge is 0.349 e. The van der Waals surface area contributed by atoms with Crippen LogP contribution in [0.1, 0.15) is 27.2 Å². The molecule has 0 aliphatic heterocycles. The summed E-state index contributed by atoms with van der Waals surface area (Å²) in [6.45, 7) is 5.38. The lowest BCUT2D eigenvalue weighted by molar-refractivity contribution is -0.158. The topological polar surface area (TPSA) is 82.1 Å². The molecule has 116 valence electrons. The van der Waals surface area contributed by atoms with Gasteiger partial charge < -0.3 is 19.3 Å². The standard InChI is InChI=1S/C15H20O6/c1-4-19-14(18)15(2,3)21-12-7-5-11(6-8-12)20-10-9-13(16)17/h5-8H,4,9-10H2,1-3H3,(H,16,17). The highest BCUT2D eigenvalue weighted by Gasteiger charge is 2.31. The molecule has 0 aromatic heterocycles. The number of rotatable bonds is 8. The molecule has 0 saturated carbocycles. The minimum atomic E-state index is -1.08. The van der Waals surface area contributed by atoms with Crippen LogP contribution in [-0.4, -0.2) is 35.9 Å². The monoisotopic (exact) mass is 296 g/mol. The number of esters is 1. The van der Waals surface area contributed by atoms with E-state index in [1.54, 1.807) is 45.0 Å². The maximum Gasteiger partial charge on any atom is 0.349 e. The molecular formula is C15H20O6. The third-order valence-corrected chi connectivity index (χ3v) is 2.55. The Morgan fingerprint density at radius 2 is 1.71 bits per heavy atom. The molecule has 1 N–H and O–H groups in total. The van der Waals surface area contributed by atoms with Crippen molar-refractivity contribution in [3.8, 4) is 11.5 Å². The number of carbonyl (C=O) groups is 2. The molecule has 0 amide bonds. The summed E-state index contributed by atoms with van der Waals surface area (Å²) >= 11 is 0. The predicted octanol–water partition coefficient (Wildman–Crippen LogP) is 2.26. The average molecular weight is 296 g/mol. The number of carbonyl (C=O) groups excluding carboxylic acids is 1. The number of benzene rings is 1. The van der Waals surface area contributed by atoms with Crippen LogP contribution in [0.4, 0.5) is 0 Å². The summed E-state index contributed by atoms with van der Waals surface area (Å²) in [6.07, 6.45) is -0.0614. The van der Waals surface area contributed by atoms with E-state index in [1.165, 1.54) is 0 Å². The minimum absolute atomic E-state index is 0.0614. The summed E-state index contributed by atoms with van der Waals surface area (Å²) in [5, 5.41) is 8.52. The molecular weight excluding hydrogens is 276 g/mol. The number of hydrogen-bond acceptors (Lipinski definition) is 5. The van der Waals surface area contributed by atoms with E-state index in [1.807, 2.05) is 0 Å². The average Bonchev–Trinajstić information content (AvgIpc) is 2.40. The second-order valence-electron chi connectivity index (χ2n) is 4.80. The molecule has 0 spiro atoms. The lowest BCUT2D eigenvalue weighted by atomic mass is 10.1. The van der Waals surface area contributed by atoms with Gasteiger partial charge in [0.2, 0.25) is 0 Å². The highest BCUT2D eigenvalue weighted by atomic mass is 16.6. The van der Waals surface area contributed by atoms with Crippen molar-refractivity contribution in [1.29, 1.82) is 0 Å². The van der Waals surface area contributed by atoms with E-state index < -0.39 is 17.5 Å². The van der Waals surface area contributed by atoms with Crippen molar-refractivity contribution in [2.75, 3.05) is 13.2 Å². The Labute approximate surface area is 123 Å². The minimum Gasteiger partial charge on any atom is -0.493 e. The van der Waals surface area contributed by atoms with Gasteiger partial charge in [0, 0.05) is 0 Å². The Morgan fingerprint density at radius 1 is 1.14 bits per heavy atom. The van der Waals surface area contributed by atoms with Crippen molar-refractivity contribution in [2.24, 2.45) is 0 Å². The highest BCUT2D eigenvalue weighted by molar-refractivity contribution is 5.79. The fourth-order valence-electron chi connectivity index (χ4n) is 1.50. The first kappa shape index (κ1) is 16.8. The zero-order valence-corrected chi connectivity index (χ0v) is 12.4. The summed E-state index contributed by atoms with van der Waals surface area (Å²) < 4.78 is 15.8. The highest BCUT2D eigenvalue weighted by Crippen LogP contribution is 2.22. The van der Waals surface area contributed by atoms with Gasteiger partial charge in [-0.3, -0.25) is 4.79 Å².